The summed E-state index contributed by atoms with van der Waals surface area (Å²) in [6, 6.07) is 0. The fraction of sp³-hybridized carbons (Fsp3) is 0.500. The number of aliphatic hydroxyl groups excluding tert-OH is 1. The molecule has 0 aromatic carbocycles. The number of carbonyl (C=O) groups is 1. The third kappa shape index (κ3) is 4.64. The number of halogens is 1. The van der Waals surface area contributed by atoms with Crippen LogP contribution in [0.15, 0.2) is 6.33 Å². The summed E-state index contributed by atoms with van der Waals surface area (Å²) in [5.74, 6) is 0.419. The number of nitrogens with zero attached hydrogens (tertiary/aromatic N) is 2. The number of ether oxygens (including phenoxy) is 1. The first kappa shape index (κ1) is 13.8. The number of hydrogen-bond acceptors (Lipinski definition) is 6. The number of rotatable bonds is 8. The molecule has 1 aromatic heterocycles. The lowest BCUT2D eigenvalue weighted by Gasteiger charge is -2.08. The van der Waals surface area contributed by atoms with Crippen LogP contribution in [-0.2, 0) is 4.74 Å². The minimum atomic E-state index is 0.0181. The van der Waals surface area contributed by atoms with Crippen molar-refractivity contribution >= 4 is 23.7 Å². The van der Waals surface area contributed by atoms with E-state index in [2.05, 4.69) is 15.3 Å². The van der Waals surface area contributed by atoms with Crippen molar-refractivity contribution < 1.29 is 14.6 Å². The summed E-state index contributed by atoms with van der Waals surface area (Å²) in [5, 5.41) is 11.6. The molecule has 0 aliphatic carbocycles. The molecule has 7 heteroatoms. The van der Waals surface area contributed by atoms with Crippen molar-refractivity contribution in [1.82, 2.24) is 9.97 Å². The Morgan fingerprint density at radius 1 is 1.47 bits per heavy atom. The molecule has 1 heterocycles. The van der Waals surface area contributed by atoms with E-state index < -0.39 is 0 Å². The highest BCUT2D eigenvalue weighted by Gasteiger charge is 2.07. The Hall–Kier alpha value is -1.24. The zero-order valence-electron chi connectivity index (χ0n) is 9.23. The maximum atomic E-state index is 10.8. The topological polar surface area (TPSA) is 84.3 Å². The van der Waals surface area contributed by atoms with E-state index >= 15 is 0 Å². The van der Waals surface area contributed by atoms with Gasteiger partial charge < -0.3 is 15.2 Å². The van der Waals surface area contributed by atoms with Crippen molar-refractivity contribution in [3.63, 3.8) is 0 Å². The van der Waals surface area contributed by atoms with Crippen molar-refractivity contribution in [3.8, 4) is 0 Å². The van der Waals surface area contributed by atoms with Gasteiger partial charge in [0.1, 0.15) is 17.3 Å². The molecule has 0 amide bonds. The molecule has 2 N–H and O–H groups in total. The average Bonchev–Trinajstić information content (AvgIpc) is 2.34. The molecule has 0 aliphatic rings. The SMILES string of the molecule is O=Cc1c(Cl)ncnc1NCCCOCCO. The third-order valence-corrected chi connectivity index (χ3v) is 2.25. The first-order chi connectivity index (χ1) is 8.29. The molecular formula is C10H14ClN3O3. The molecule has 0 saturated carbocycles. The maximum absolute atomic E-state index is 10.8. The fourth-order valence-electron chi connectivity index (χ4n) is 1.17. The van der Waals surface area contributed by atoms with E-state index in [-0.39, 0.29) is 17.3 Å². The van der Waals surface area contributed by atoms with Crippen LogP contribution < -0.4 is 5.32 Å². The number of anilines is 1. The molecule has 0 fully saturated rings. The van der Waals surface area contributed by atoms with Crippen LogP contribution in [0.3, 0.4) is 0 Å². The van der Waals surface area contributed by atoms with E-state index in [4.69, 9.17) is 21.4 Å². The van der Waals surface area contributed by atoms with Crippen molar-refractivity contribution in [1.29, 1.82) is 0 Å². The van der Waals surface area contributed by atoms with E-state index in [1.54, 1.807) is 0 Å². The summed E-state index contributed by atoms with van der Waals surface area (Å²) >= 11 is 5.74. The van der Waals surface area contributed by atoms with Gasteiger partial charge in [-0.1, -0.05) is 11.6 Å². The molecule has 0 aliphatic heterocycles. The van der Waals surface area contributed by atoms with Gasteiger partial charge in [0, 0.05) is 13.2 Å². The molecule has 17 heavy (non-hydrogen) atoms. The first-order valence-corrected chi connectivity index (χ1v) is 5.55. The molecule has 0 bridgehead atoms. The van der Waals surface area contributed by atoms with Gasteiger partial charge in [-0.15, -0.1) is 0 Å². The van der Waals surface area contributed by atoms with Gasteiger partial charge >= 0.3 is 0 Å². The van der Waals surface area contributed by atoms with Crippen LogP contribution in [0.4, 0.5) is 5.82 Å². The van der Waals surface area contributed by atoms with E-state index in [9.17, 15) is 4.79 Å². The minimum absolute atomic E-state index is 0.0181. The largest absolute Gasteiger partial charge is 0.394 e. The molecule has 94 valence electrons. The van der Waals surface area contributed by atoms with Crippen molar-refractivity contribution in [2.45, 2.75) is 6.42 Å². The van der Waals surface area contributed by atoms with E-state index in [1.165, 1.54) is 6.33 Å². The predicted molar refractivity (Wildman–Crippen MR) is 63.4 cm³/mol. The molecule has 6 nitrogen and oxygen atoms in total. The second-order valence-corrected chi connectivity index (χ2v) is 3.52. The monoisotopic (exact) mass is 259 g/mol. The van der Waals surface area contributed by atoms with Gasteiger partial charge in [0.2, 0.25) is 0 Å². The van der Waals surface area contributed by atoms with Crippen LogP contribution in [0.25, 0.3) is 0 Å². The Morgan fingerprint density at radius 3 is 3.00 bits per heavy atom. The fourth-order valence-corrected chi connectivity index (χ4v) is 1.34. The average molecular weight is 260 g/mol. The molecule has 1 rings (SSSR count). The molecule has 1 aromatic rings. The number of aldehydes is 1. The summed E-state index contributed by atoms with van der Waals surface area (Å²) in [6.45, 7) is 1.48. The van der Waals surface area contributed by atoms with Gasteiger partial charge in [0.25, 0.3) is 0 Å². The molecule has 0 radical (unpaired) electrons. The zero-order valence-corrected chi connectivity index (χ0v) is 9.98. The Morgan fingerprint density at radius 2 is 2.29 bits per heavy atom. The third-order valence-electron chi connectivity index (χ3n) is 1.95. The molecule has 0 spiro atoms. The summed E-state index contributed by atoms with van der Waals surface area (Å²) in [4.78, 5) is 18.4. The second kappa shape index (κ2) is 7.94. The first-order valence-electron chi connectivity index (χ1n) is 5.17. The number of aliphatic hydroxyl groups is 1. The molecule has 0 unspecified atom stereocenters. The molecule has 0 saturated heterocycles. The van der Waals surface area contributed by atoms with Crippen molar-refractivity contribution in [2.24, 2.45) is 0 Å². The van der Waals surface area contributed by atoms with Gasteiger partial charge in [-0.25, -0.2) is 9.97 Å². The lowest BCUT2D eigenvalue weighted by atomic mass is 10.3. The summed E-state index contributed by atoms with van der Waals surface area (Å²) in [7, 11) is 0. The standard InChI is InChI=1S/C10H14ClN3O3/c11-9-8(6-16)10(14-7-13-9)12-2-1-4-17-5-3-15/h6-7,15H,1-5H2,(H,12,13,14). The van der Waals surface area contributed by atoms with Crippen molar-refractivity contribution in [2.75, 3.05) is 31.7 Å². The lowest BCUT2D eigenvalue weighted by molar-refractivity contribution is 0.0922. The molecular weight excluding hydrogens is 246 g/mol. The summed E-state index contributed by atoms with van der Waals surface area (Å²) < 4.78 is 5.08. The van der Waals surface area contributed by atoms with E-state index in [0.717, 1.165) is 6.42 Å². The Labute approximate surface area is 104 Å². The Bertz CT molecular complexity index is 363. The number of hydrogen-bond donors (Lipinski definition) is 2. The van der Waals surface area contributed by atoms with Crippen LogP contribution >= 0.6 is 11.6 Å². The Kier molecular flexibility index (Phi) is 6.46. The van der Waals surface area contributed by atoms with E-state index in [1.807, 2.05) is 0 Å². The van der Waals surface area contributed by atoms with Crippen LogP contribution in [0.2, 0.25) is 5.15 Å². The number of nitrogens with one attached hydrogen (secondary N) is 1. The second-order valence-electron chi connectivity index (χ2n) is 3.16. The van der Waals surface area contributed by atoms with Gasteiger partial charge in [-0.05, 0) is 6.42 Å². The van der Waals surface area contributed by atoms with Gasteiger partial charge in [-0.2, -0.15) is 0 Å². The maximum Gasteiger partial charge on any atom is 0.156 e. The normalized spacial score (nSPS) is 10.2. The Balaban J connectivity index is 2.36. The number of aromatic nitrogens is 2. The van der Waals surface area contributed by atoms with Gasteiger partial charge in [0.15, 0.2) is 6.29 Å². The highest BCUT2D eigenvalue weighted by atomic mass is 35.5. The van der Waals surface area contributed by atoms with Crippen LogP contribution in [0.5, 0.6) is 0 Å². The molecule has 0 atom stereocenters. The quantitative estimate of drug-likeness (QED) is 0.407. The van der Waals surface area contributed by atoms with Crippen LogP contribution in [0.1, 0.15) is 16.8 Å². The van der Waals surface area contributed by atoms with Crippen LogP contribution in [-0.4, -0.2) is 47.7 Å². The van der Waals surface area contributed by atoms with Gasteiger partial charge in [0.05, 0.1) is 18.8 Å². The van der Waals surface area contributed by atoms with E-state index in [0.29, 0.717) is 31.9 Å². The minimum Gasteiger partial charge on any atom is -0.394 e. The summed E-state index contributed by atoms with van der Waals surface area (Å²) in [6.07, 6.45) is 2.65. The summed E-state index contributed by atoms with van der Waals surface area (Å²) in [5.41, 5.74) is 0.255. The number of carbonyl (C=O) groups excluding carboxylic acids is 1. The lowest BCUT2D eigenvalue weighted by Crippen LogP contribution is -2.10. The highest BCUT2D eigenvalue weighted by Crippen LogP contribution is 2.16. The highest BCUT2D eigenvalue weighted by molar-refractivity contribution is 6.32. The van der Waals surface area contributed by atoms with Gasteiger partial charge in [-0.3, -0.25) is 4.79 Å². The predicted octanol–water partition coefficient (Wildman–Crippen LogP) is 0.753. The van der Waals surface area contributed by atoms with Crippen LogP contribution in [0, 0.1) is 0 Å². The smallest absolute Gasteiger partial charge is 0.156 e. The van der Waals surface area contributed by atoms with Crippen molar-refractivity contribution in [3.05, 3.63) is 17.0 Å². The zero-order chi connectivity index (χ0) is 12.5.